The van der Waals surface area contributed by atoms with E-state index in [-0.39, 0.29) is 23.3 Å². The second-order valence-corrected chi connectivity index (χ2v) is 16.3. The van der Waals surface area contributed by atoms with E-state index >= 15 is 0 Å². The van der Waals surface area contributed by atoms with Crippen LogP contribution in [0.4, 0.5) is 9.93 Å². The van der Waals surface area contributed by atoms with Gasteiger partial charge in [0, 0.05) is 25.0 Å². The van der Waals surface area contributed by atoms with Crippen LogP contribution < -0.4 is 31.7 Å². The molecule has 0 spiro atoms. The minimum atomic E-state index is -5.08. The molecule has 8 N–H and O–H groups in total. The van der Waals surface area contributed by atoms with Gasteiger partial charge >= 0.3 is 22.5 Å². The van der Waals surface area contributed by atoms with Gasteiger partial charge in [-0.15, -0.1) is 15.6 Å². The van der Waals surface area contributed by atoms with Crippen molar-refractivity contribution in [1.82, 2.24) is 26.0 Å². The van der Waals surface area contributed by atoms with Crippen molar-refractivity contribution in [2.45, 2.75) is 89.3 Å². The first kappa shape index (κ1) is 41.1. The molecule has 5 rings (SSSR count). The van der Waals surface area contributed by atoms with Crippen LogP contribution in [0.15, 0.2) is 33.7 Å². The number of carboxylic acids is 1. The smallest absolute Gasteiger partial charge is 0.418 e. The monoisotopic (exact) mass is 809 g/mol. The normalized spacial score (nSPS) is 21.8. The number of oxime groups is 1. The highest BCUT2D eigenvalue weighted by molar-refractivity contribution is 7.80. The summed E-state index contributed by atoms with van der Waals surface area (Å²) in [5.74, 6) is -2.52. The average molecular weight is 810 g/mol. The molecule has 1 aromatic carbocycles. The van der Waals surface area contributed by atoms with Crippen LogP contribution in [0.1, 0.15) is 70.8 Å². The quantitative estimate of drug-likeness (QED) is 0.0638. The van der Waals surface area contributed by atoms with Crippen LogP contribution in [0, 0.1) is 0 Å². The number of nitrogens with zero attached hydrogens (tertiary/aromatic N) is 4. The predicted molar refractivity (Wildman–Crippen MR) is 196 cm³/mol. The van der Waals surface area contributed by atoms with E-state index in [1.165, 1.54) is 26.2 Å². The van der Waals surface area contributed by atoms with Crippen molar-refractivity contribution in [3.63, 3.8) is 0 Å². The number of carboxylic acid groups (broad SMARTS) is 1. The summed E-state index contributed by atoms with van der Waals surface area (Å²) in [4.78, 5) is 66.3. The number of aliphatic imine (C=N–C) groups is 1. The standard InChI is InChI=1S/C32H43N9O12S2/c1-30(2,3)51-29(46)39-28-37-19(15-54-28)22(24(42)38-23-25(43)41(31(23,4)5)53-55(47,48)49)40-52-32(6,26(44)45)21-10-8-17-13-16(7-9-20(17)50-21)18-14-35-27(36-18)34-12-11-33/h7,9,13,15,18,21,23H,8,10-12,14,33H2,1-6H3,(H,38,42)(H,44,45)(H2,34,35,36)(H,37,39,46)(H,47,48,49)/t18?,21-,23?,32?/m1/s1. The Morgan fingerprint density at radius 1 is 1.24 bits per heavy atom. The molecule has 0 radical (unpaired) electrons. The number of hydrogen-bond acceptors (Lipinski definition) is 17. The Kier molecular flexibility index (Phi) is 11.6. The molecule has 1 aromatic heterocycles. The highest BCUT2D eigenvalue weighted by Gasteiger charge is 2.58. The number of β-lactam (4-membered cyclic amide) rings is 1. The molecule has 4 atom stereocenters. The molecule has 3 aliphatic heterocycles. The summed E-state index contributed by atoms with van der Waals surface area (Å²) < 4.78 is 47.4. The topological polar surface area (TPSA) is 295 Å². The molecule has 300 valence electrons. The van der Waals surface area contributed by atoms with Gasteiger partial charge < -0.3 is 41.1 Å². The number of nitrogens with two attached hydrogens (primary N) is 1. The van der Waals surface area contributed by atoms with Crippen LogP contribution in [0.2, 0.25) is 0 Å². The van der Waals surface area contributed by atoms with E-state index in [1.54, 1.807) is 26.8 Å². The zero-order chi connectivity index (χ0) is 40.5. The number of aliphatic carboxylic acids is 1. The summed E-state index contributed by atoms with van der Waals surface area (Å²) in [7, 11) is -5.08. The van der Waals surface area contributed by atoms with Gasteiger partial charge in [0.1, 0.15) is 23.1 Å². The fraction of sp³-hybridized carbons (Fsp3) is 0.531. The molecule has 3 aliphatic rings. The minimum Gasteiger partial charge on any atom is -0.485 e. The number of hydrogen-bond donors (Lipinski definition) is 7. The van der Waals surface area contributed by atoms with Crippen molar-refractivity contribution < 1.29 is 55.9 Å². The Hall–Kier alpha value is -5.10. The fourth-order valence-electron chi connectivity index (χ4n) is 5.77. The number of hydroxylamine groups is 2. The lowest BCUT2D eigenvalue weighted by Crippen LogP contribution is -2.76. The lowest BCUT2D eigenvalue weighted by molar-refractivity contribution is -0.218. The van der Waals surface area contributed by atoms with E-state index < -0.39 is 68.9 Å². The molecule has 0 aliphatic carbocycles. The second kappa shape index (κ2) is 15.6. The molecule has 1 fully saturated rings. The molecule has 55 heavy (non-hydrogen) atoms. The highest BCUT2D eigenvalue weighted by Crippen LogP contribution is 2.37. The molecule has 3 amide bonds. The fourth-order valence-corrected chi connectivity index (χ4v) is 6.90. The van der Waals surface area contributed by atoms with E-state index in [0.29, 0.717) is 42.8 Å². The molecule has 2 aromatic rings. The number of aromatic nitrogens is 1. The summed E-state index contributed by atoms with van der Waals surface area (Å²) in [6, 6.07) is 3.95. The molecule has 21 nitrogen and oxygen atoms in total. The maximum absolute atomic E-state index is 13.8. The molecule has 3 unspecified atom stereocenters. The van der Waals surface area contributed by atoms with Crippen molar-refractivity contribution in [2.75, 3.05) is 25.0 Å². The van der Waals surface area contributed by atoms with Gasteiger partial charge in [0.05, 0.1) is 11.6 Å². The van der Waals surface area contributed by atoms with Crippen LogP contribution >= 0.6 is 11.3 Å². The molecule has 23 heteroatoms. The van der Waals surface area contributed by atoms with Crippen LogP contribution in [-0.4, -0.2) is 112 Å². The number of amides is 3. The molecular formula is C32H43N9O12S2. The number of benzene rings is 1. The number of aryl methyl sites for hydroxylation is 1. The van der Waals surface area contributed by atoms with Gasteiger partial charge in [-0.1, -0.05) is 11.2 Å². The Bertz CT molecular complexity index is 2010. The lowest BCUT2D eigenvalue weighted by Gasteiger charge is -2.50. The van der Waals surface area contributed by atoms with Crippen LogP contribution in [-0.2, 0) is 45.1 Å². The van der Waals surface area contributed by atoms with Crippen molar-refractivity contribution >= 4 is 62.4 Å². The van der Waals surface area contributed by atoms with Crippen LogP contribution in [0.3, 0.4) is 0 Å². The summed E-state index contributed by atoms with van der Waals surface area (Å²) in [5, 5.41) is 27.2. The maximum atomic E-state index is 13.8. The number of carbonyl (C=O) groups excluding carboxylic acids is 3. The van der Waals surface area contributed by atoms with E-state index in [0.717, 1.165) is 22.5 Å². The first-order valence-electron chi connectivity index (χ1n) is 16.9. The van der Waals surface area contributed by atoms with Crippen LogP contribution in [0.25, 0.3) is 0 Å². The van der Waals surface area contributed by atoms with Crippen LogP contribution in [0.5, 0.6) is 5.75 Å². The van der Waals surface area contributed by atoms with Crippen molar-refractivity contribution in [3.05, 3.63) is 40.4 Å². The summed E-state index contributed by atoms with van der Waals surface area (Å²) in [6.45, 7) is 10.5. The number of guanidine groups is 1. The third-order valence-corrected chi connectivity index (χ3v) is 9.75. The number of rotatable bonds is 13. The van der Waals surface area contributed by atoms with E-state index in [1.807, 2.05) is 12.1 Å². The van der Waals surface area contributed by atoms with E-state index in [2.05, 4.69) is 40.7 Å². The second-order valence-electron chi connectivity index (χ2n) is 14.4. The van der Waals surface area contributed by atoms with Gasteiger partial charge in [-0.05, 0) is 77.6 Å². The van der Waals surface area contributed by atoms with Crippen molar-refractivity contribution in [1.29, 1.82) is 0 Å². The number of nitrogens with one attached hydrogen (secondary N) is 4. The van der Waals surface area contributed by atoms with Gasteiger partial charge in [-0.3, -0.25) is 19.5 Å². The number of carbonyl (C=O) groups is 4. The number of ether oxygens (including phenoxy) is 2. The lowest BCUT2D eigenvalue weighted by atomic mass is 9.84. The first-order chi connectivity index (χ1) is 25.6. The van der Waals surface area contributed by atoms with Crippen molar-refractivity contribution in [3.8, 4) is 5.75 Å². The Morgan fingerprint density at radius 3 is 2.60 bits per heavy atom. The Balaban J connectivity index is 1.39. The third kappa shape index (κ3) is 9.41. The highest BCUT2D eigenvalue weighted by atomic mass is 32.3. The molecule has 0 bridgehead atoms. The molecular weight excluding hydrogens is 767 g/mol. The van der Waals surface area contributed by atoms with E-state index in [4.69, 9.17) is 24.6 Å². The summed E-state index contributed by atoms with van der Waals surface area (Å²) in [6.07, 6.45) is -1.36. The summed E-state index contributed by atoms with van der Waals surface area (Å²) in [5.41, 5.74) is 2.02. The van der Waals surface area contributed by atoms with Gasteiger partial charge in [0.25, 0.3) is 17.4 Å². The van der Waals surface area contributed by atoms with Crippen molar-refractivity contribution in [2.24, 2.45) is 15.9 Å². The van der Waals surface area contributed by atoms with Gasteiger partial charge in [0.15, 0.2) is 22.9 Å². The Morgan fingerprint density at radius 2 is 1.96 bits per heavy atom. The number of thiazole rings is 1. The molecule has 0 saturated carbocycles. The predicted octanol–water partition coefficient (Wildman–Crippen LogP) is 0.837. The van der Waals surface area contributed by atoms with E-state index in [9.17, 15) is 32.7 Å². The Labute approximate surface area is 319 Å². The zero-order valence-electron chi connectivity index (χ0n) is 30.7. The van der Waals surface area contributed by atoms with Gasteiger partial charge in [-0.25, -0.2) is 19.6 Å². The average Bonchev–Trinajstić information content (AvgIpc) is 3.76. The maximum Gasteiger partial charge on any atom is 0.418 e. The zero-order valence-corrected chi connectivity index (χ0v) is 32.4. The van der Waals surface area contributed by atoms with Gasteiger partial charge in [-0.2, -0.15) is 13.5 Å². The number of anilines is 1. The largest absolute Gasteiger partial charge is 0.485 e. The molecule has 1 saturated heterocycles. The number of fused-ring (bicyclic) bond motifs is 1. The van der Waals surface area contributed by atoms with Gasteiger partial charge in [0.2, 0.25) is 0 Å². The summed E-state index contributed by atoms with van der Waals surface area (Å²) >= 11 is 0.878. The third-order valence-electron chi connectivity index (χ3n) is 8.66. The first-order valence-corrected chi connectivity index (χ1v) is 19.2. The SMILES string of the molecule is CC(C)(C)OC(=O)Nc1nc(C(=NOC(C)(C(=O)O)[C@H]2CCc3cc(C4CNC(NCCN)=N4)ccc3O2)C(=O)NC2C(=O)N(OS(=O)(=O)O)C2(C)C)cs1. The molecule has 4 heterocycles. The minimum absolute atomic E-state index is 0.0211.